The number of rotatable bonds is 5. The van der Waals surface area contributed by atoms with Crippen molar-refractivity contribution in [1.82, 2.24) is 4.90 Å². The number of esters is 1. The fraction of sp³-hybridized carbons (Fsp3) is 0.333. The van der Waals surface area contributed by atoms with Gasteiger partial charge < -0.3 is 14.7 Å². The van der Waals surface area contributed by atoms with Crippen LogP contribution in [0.4, 0.5) is 0 Å². The number of halogens is 1. The highest BCUT2D eigenvalue weighted by molar-refractivity contribution is 8.04. The van der Waals surface area contributed by atoms with Crippen LogP contribution in [0, 0.1) is 0 Å². The van der Waals surface area contributed by atoms with Gasteiger partial charge in [-0.05, 0) is 24.6 Å². The van der Waals surface area contributed by atoms with Crippen molar-refractivity contribution in [1.29, 1.82) is 0 Å². The first kappa shape index (κ1) is 16.9. The maximum absolute atomic E-state index is 11.9. The maximum atomic E-state index is 11.9. The van der Waals surface area contributed by atoms with Gasteiger partial charge in [-0.3, -0.25) is 4.79 Å². The van der Waals surface area contributed by atoms with Crippen LogP contribution >= 0.6 is 23.4 Å². The zero-order chi connectivity index (χ0) is 16.1. The molecule has 0 spiro atoms. The van der Waals surface area contributed by atoms with Gasteiger partial charge in [-0.25, -0.2) is 4.79 Å². The summed E-state index contributed by atoms with van der Waals surface area (Å²) in [6.07, 6.45) is 0.429. The number of carbonyl (C=O) groups is 2. The molecule has 1 fully saturated rings. The molecule has 1 atom stereocenters. The van der Waals surface area contributed by atoms with Gasteiger partial charge >= 0.3 is 5.97 Å². The molecule has 1 N–H and O–H groups in total. The zero-order valence-electron chi connectivity index (χ0n) is 12.0. The SMILES string of the molecule is CCOC(=O)/C=C1\SCC(=O)N1CC(O)c1ccc(Cl)cc1. The van der Waals surface area contributed by atoms with Gasteiger partial charge in [-0.15, -0.1) is 0 Å². The van der Waals surface area contributed by atoms with Crippen LogP contribution in [0.15, 0.2) is 35.4 Å². The summed E-state index contributed by atoms with van der Waals surface area (Å²) in [5.74, 6) is -0.391. The molecule has 1 aliphatic heterocycles. The van der Waals surface area contributed by atoms with Crippen molar-refractivity contribution in [3.63, 3.8) is 0 Å². The molecule has 22 heavy (non-hydrogen) atoms. The Kier molecular flexibility index (Phi) is 5.88. The van der Waals surface area contributed by atoms with Crippen LogP contribution in [-0.2, 0) is 14.3 Å². The lowest BCUT2D eigenvalue weighted by Gasteiger charge is -2.21. The van der Waals surface area contributed by atoms with E-state index in [1.165, 1.54) is 22.7 Å². The molecule has 1 aliphatic rings. The fourth-order valence-corrected chi connectivity index (χ4v) is 3.04. The lowest BCUT2D eigenvalue weighted by molar-refractivity contribution is -0.137. The third-order valence-corrected chi connectivity index (χ3v) is 4.33. The fourth-order valence-electron chi connectivity index (χ4n) is 1.97. The number of aliphatic hydroxyl groups is 1. The Labute approximate surface area is 137 Å². The van der Waals surface area contributed by atoms with Crippen molar-refractivity contribution >= 4 is 35.2 Å². The first-order valence-electron chi connectivity index (χ1n) is 6.76. The van der Waals surface area contributed by atoms with E-state index in [4.69, 9.17) is 16.3 Å². The van der Waals surface area contributed by atoms with Crippen LogP contribution in [0.1, 0.15) is 18.6 Å². The molecule has 118 valence electrons. The monoisotopic (exact) mass is 341 g/mol. The highest BCUT2D eigenvalue weighted by atomic mass is 35.5. The van der Waals surface area contributed by atoms with Crippen molar-refractivity contribution in [3.05, 3.63) is 46.0 Å². The van der Waals surface area contributed by atoms with Gasteiger partial charge in [0.25, 0.3) is 0 Å². The third kappa shape index (κ3) is 4.25. The lowest BCUT2D eigenvalue weighted by atomic mass is 10.1. The molecule has 0 aromatic heterocycles. The highest BCUT2D eigenvalue weighted by Gasteiger charge is 2.29. The molecular formula is C15H16ClNO4S. The Bertz CT molecular complexity index is 588. The molecule has 1 aromatic rings. The van der Waals surface area contributed by atoms with Gasteiger partial charge in [0, 0.05) is 5.02 Å². The minimum Gasteiger partial charge on any atom is -0.463 e. The predicted octanol–water partition coefficient (Wildman–Crippen LogP) is 2.35. The minimum absolute atomic E-state index is 0.0820. The molecule has 0 saturated carbocycles. The van der Waals surface area contributed by atoms with E-state index in [-0.39, 0.29) is 24.8 Å². The summed E-state index contributed by atoms with van der Waals surface area (Å²) >= 11 is 7.07. The van der Waals surface area contributed by atoms with E-state index in [1.807, 2.05) is 0 Å². The first-order valence-corrected chi connectivity index (χ1v) is 8.12. The summed E-state index contributed by atoms with van der Waals surface area (Å²) < 4.78 is 4.85. The van der Waals surface area contributed by atoms with Gasteiger partial charge in [0.1, 0.15) is 0 Å². The normalized spacial score (nSPS) is 17.9. The summed E-state index contributed by atoms with van der Waals surface area (Å²) in [5, 5.41) is 11.3. The summed E-state index contributed by atoms with van der Waals surface area (Å²) in [6, 6.07) is 6.76. The van der Waals surface area contributed by atoms with Gasteiger partial charge in [0.2, 0.25) is 5.91 Å². The number of hydrogen-bond acceptors (Lipinski definition) is 5. The standard InChI is InChI=1S/C15H16ClNO4S/c1-2-21-15(20)7-14-17(13(19)9-22-14)8-12(18)10-3-5-11(16)6-4-10/h3-7,12,18H,2,8-9H2,1H3/b14-7-. The molecule has 2 rings (SSSR count). The second-order valence-corrected chi connectivity index (χ2v) is 6.03. The topological polar surface area (TPSA) is 66.8 Å². The Morgan fingerprint density at radius 1 is 1.50 bits per heavy atom. The van der Waals surface area contributed by atoms with E-state index >= 15 is 0 Å². The second kappa shape index (κ2) is 7.67. The summed E-state index contributed by atoms with van der Waals surface area (Å²) in [7, 11) is 0. The van der Waals surface area contributed by atoms with Crippen molar-refractivity contribution in [2.45, 2.75) is 13.0 Å². The molecule has 7 heteroatoms. The maximum Gasteiger partial charge on any atom is 0.333 e. The van der Waals surface area contributed by atoms with Crippen LogP contribution in [0.25, 0.3) is 0 Å². The molecule has 1 aromatic carbocycles. The number of ether oxygens (including phenoxy) is 1. The average Bonchev–Trinajstić information content (AvgIpc) is 2.81. The van der Waals surface area contributed by atoms with Gasteiger partial charge in [-0.1, -0.05) is 35.5 Å². The zero-order valence-corrected chi connectivity index (χ0v) is 13.6. The quantitative estimate of drug-likeness (QED) is 0.657. The number of amides is 1. The summed E-state index contributed by atoms with van der Waals surface area (Å²) in [5.41, 5.74) is 0.657. The Hall–Kier alpha value is -1.50. The molecule has 0 aliphatic carbocycles. The van der Waals surface area contributed by atoms with Crippen molar-refractivity contribution < 1.29 is 19.4 Å². The largest absolute Gasteiger partial charge is 0.463 e. The predicted molar refractivity (Wildman–Crippen MR) is 85.3 cm³/mol. The molecule has 5 nitrogen and oxygen atoms in total. The number of benzene rings is 1. The molecular weight excluding hydrogens is 326 g/mol. The van der Waals surface area contributed by atoms with Gasteiger partial charge in [0.05, 0.1) is 36.1 Å². The number of thioether (sulfide) groups is 1. The van der Waals surface area contributed by atoms with E-state index in [0.717, 1.165) is 0 Å². The van der Waals surface area contributed by atoms with E-state index in [1.54, 1.807) is 31.2 Å². The smallest absolute Gasteiger partial charge is 0.333 e. The molecule has 1 heterocycles. The molecule has 0 bridgehead atoms. The number of β-amino-alcohol motifs (C(OH)–C–C–N with tert-alkyl or cyclic N) is 1. The number of carbonyl (C=O) groups excluding carboxylic acids is 2. The number of hydrogen-bond donors (Lipinski definition) is 1. The summed E-state index contributed by atoms with van der Waals surface area (Å²) in [6.45, 7) is 2.07. The molecule has 1 saturated heterocycles. The summed E-state index contributed by atoms with van der Waals surface area (Å²) in [4.78, 5) is 24.8. The lowest BCUT2D eigenvalue weighted by Crippen LogP contribution is -2.29. The highest BCUT2D eigenvalue weighted by Crippen LogP contribution is 2.31. The van der Waals surface area contributed by atoms with Crippen molar-refractivity contribution in [3.8, 4) is 0 Å². The second-order valence-electron chi connectivity index (χ2n) is 4.59. The molecule has 0 radical (unpaired) electrons. The van der Waals surface area contributed by atoms with Gasteiger partial charge in [-0.2, -0.15) is 0 Å². The number of nitrogens with zero attached hydrogens (tertiary/aromatic N) is 1. The third-order valence-electron chi connectivity index (χ3n) is 3.05. The molecule has 1 amide bonds. The number of aliphatic hydroxyl groups excluding tert-OH is 1. The average molecular weight is 342 g/mol. The first-order chi connectivity index (χ1) is 10.5. The van der Waals surface area contributed by atoms with E-state index in [2.05, 4.69) is 0 Å². The van der Waals surface area contributed by atoms with Gasteiger partial charge in [0.15, 0.2) is 0 Å². The van der Waals surface area contributed by atoms with Crippen molar-refractivity contribution in [2.75, 3.05) is 18.9 Å². The van der Waals surface area contributed by atoms with Crippen LogP contribution in [0.5, 0.6) is 0 Å². The Morgan fingerprint density at radius 2 is 2.18 bits per heavy atom. The van der Waals surface area contributed by atoms with Crippen LogP contribution < -0.4 is 0 Å². The van der Waals surface area contributed by atoms with E-state index in [0.29, 0.717) is 15.6 Å². The minimum atomic E-state index is -0.856. The van der Waals surface area contributed by atoms with E-state index in [9.17, 15) is 14.7 Å². The van der Waals surface area contributed by atoms with Crippen molar-refractivity contribution in [2.24, 2.45) is 0 Å². The Morgan fingerprint density at radius 3 is 2.82 bits per heavy atom. The van der Waals surface area contributed by atoms with Crippen LogP contribution in [-0.4, -0.2) is 40.8 Å². The Balaban J connectivity index is 2.09. The van der Waals surface area contributed by atoms with E-state index < -0.39 is 12.1 Å². The van der Waals surface area contributed by atoms with Crippen LogP contribution in [0.3, 0.4) is 0 Å². The van der Waals surface area contributed by atoms with Crippen LogP contribution in [0.2, 0.25) is 5.02 Å². The molecule has 1 unspecified atom stereocenters.